The highest BCUT2D eigenvalue weighted by Gasteiger charge is 2.09. The lowest BCUT2D eigenvalue weighted by atomic mass is 10.1. The summed E-state index contributed by atoms with van der Waals surface area (Å²) in [5.41, 5.74) is 0. The number of unbranched alkanes of at least 4 members (excludes halogenated alkanes) is 12. The molecule has 0 aliphatic rings. The molecular formula is C25H49BrO2. The first-order chi connectivity index (χ1) is 13.8. The van der Waals surface area contributed by atoms with Gasteiger partial charge < -0.3 is 9.47 Å². The van der Waals surface area contributed by atoms with Crippen LogP contribution in [0.15, 0.2) is 12.2 Å². The van der Waals surface area contributed by atoms with E-state index in [1.165, 1.54) is 103 Å². The summed E-state index contributed by atoms with van der Waals surface area (Å²) >= 11 is 3.48. The lowest BCUT2D eigenvalue weighted by Crippen LogP contribution is -2.19. The van der Waals surface area contributed by atoms with Crippen LogP contribution in [0, 0.1) is 0 Å². The van der Waals surface area contributed by atoms with Crippen molar-refractivity contribution in [3.63, 3.8) is 0 Å². The smallest absolute Gasteiger partial charge is 0.157 e. The highest BCUT2D eigenvalue weighted by molar-refractivity contribution is 9.09. The van der Waals surface area contributed by atoms with Crippen LogP contribution in [0.5, 0.6) is 0 Å². The maximum atomic E-state index is 6.08. The molecule has 0 spiro atoms. The summed E-state index contributed by atoms with van der Waals surface area (Å²) in [6, 6.07) is 0. The molecule has 0 fully saturated rings. The molecule has 0 atom stereocenters. The summed E-state index contributed by atoms with van der Waals surface area (Å²) in [4.78, 5) is 0. The van der Waals surface area contributed by atoms with Gasteiger partial charge in [-0.05, 0) is 51.4 Å². The van der Waals surface area contributed by atoms with Crippen molar-refractivity contribution in [2.24, 2.45) is 0 Å². The van der Waals surface area contributed by atoms with Gasteiger partial charge in [0.25, 0.3) is 0 Å². The third-order valence-corrected chi connectivity index (χ3v) is 5.65. The molecule has 0 aliphatic heterocycles. The molecule has 0 aromatic rings. The van der Waals surface area contributed by atoms with E-state index >= 15 is 0 Å². The molecule has 2 nitrogen and oxygen atoms in total. The first-order valence-corrected chi connectivity index (χ1v) is 13.4. The SMILES string of the molecule is CCCCCCCOC(CCCCC/C=C\CCCBr)OCCCCCCC. The van der Waals surface area contributed by atoms with Crippen LogP contribution < -0.4 is 0 Å². The normalized spacial score (nSPS) is 11.9. The lowest BCUT2D eigenvalue weighted by molar-refractivity contribution is -0.148. The van der Waals surface area contributed by atoms with Gasteiger partial charge in [-0.2, -0.15) is 0 Å². The van der Waals surface area contributed by atoms with Crippen molar-refractivity contribution in [2.45, 2.75) is 129 Å². The molecule has 168 valence electrons. The van der Waals surface area contributed by atoms with Gasteiger partial charge in [0.05, 0.1) is 0 Å². The fourth-order valence-corrected chi connectivity index (χ4v) is 3.56. The van der Waals surface area contributed by atoms with Crippen molar-refractivity contribution in [2.75, 3.05) is 18.5 Å². The number of allylic oxidation sites excluding steroid dienone is 2. The number of rotatable bonds is 23. The monoisotopic (exact) mass is 460 g/mol. The molecular weight excluding hydrogens is 412 g/mol. The van der Waals surface area contributed by atoms with Crippen molar-refractivity contribution in [3.05, 3.63) is 12.2 Å². The van der Waals surface area contributed by atoms with E-state index in [1.54, 1.807) is 0 Å². The van der Waals surface area contributed by atoms with Crippen LogP contribution in [0.1, 0.15) is 123 Å². The van der Waals surface area contributed by atoms with Crippen molar-refractivity contribution < 1.29 is 9.47 Å². The Hall–Kier alpha value is 0.140. The Bertz CT molecular complexity index is 291. The van der Waals surface area contributed by atoms with Gasteiger partial charge in [0.15, 0.2) is 6.29 Å². The topological polar surface area (TPSA) is 18.5 Å². The van der Waals surface area contributed by atoms with Gasteiger partial charge in [0, 0.05) is 18.5 Å². The van der Waals surface area contributed by atoms with Gasteiger partial charge in [-0.1, -0.05) is 99.7 Å². The Morgan fingerprint density at radius 1 is 0.607 bits per heavy atom. The summed E-state index contributed by atoms with van der Waals surface area (Å²) in [5.74, 6) is 0. The molecule has 0 amide bonds. The number of ether oxygens (including phenoxy) is 2. The maximum Gasteiger partial charge on any atom is 0.157 e. The van der Waals surface area contributed by atoms with Crippen molar-refractivity contribution in [1.29, 1.82) is 0 Å². The molecule has 0 N–H and O–H groups in total. The molecule has 0 bridgehead atoms. The van der Waals surface area contributed by atoms with Gasteiger partial charge in [0.1, 0.15) is 0 Å². The van der Waals surface area contributed by atoms with Gasteiger partial charge >= 0.3 is 0 Å². The summed E-state index contributed by atoms with van der Waals surface area (Å²) in [7, 11) is 0. The van der Waals surface area contributed by atoms with Crippen molar-refractivity contribution in [1.82, 2.24) is 0 Å². The Balaban J connectivity index is 3.83. The molecule has 0 saturated heterocycles. The Morgan fingerprint density at radius 2 is 1.11 bits per heavy atom. The molecule has 3 heteroatoms. The second-order valence-electron chi connectivity index (χ2n) is 7.94. The van der Waals surface area contributed by atoms with Gasteiger partial charge in [0.2, 0.25) is 0 Å². The second-order valence-corrected chi connectivity index (χ2v) is 8.73. The van der Waals surface area contributed by atoms with Gasteiger partial charge in [-0.15, -0.1) is 0 Å². The van der Waals surface area contributed by atoms with Crippen molar-refractivity contribution in [3.8, 4) is 0 Å². The van der Waals surface area contributed by atoms with Crippen LogP contribution in [-0.4, -0.2) is 24.8 Å². The number of alkyl halides is 1. The number of halogens is 1. The van der Waals surface area contributed by atoms with E-state index in [4.69, 9.17) is 9.47 Å². The van der Waals surface area contributed by atoms with Crippen LogP contribution in [0.3, 0.4) is 0 Å². The van der Waals surface area contributed by atoms with E-state index in [2.05, 4.69) is 41.9 Å². The third kappa shape index (κ3) is 22.4. The van der Waals surface area contributed by atoms with E-state index in [0.29, 0.717) is 0 Å². The maximum absolute atomic E-state index is 6.08. The van der Waals surface area contributed by atoms with Crippen LogP contribution in [0.2, 0.25) is 0 Å². The zero-order valence-corrected chi connectivity index (χ0v) is 20.7. The van der Waals surface area contributed by atoms with E-state index in [9.17, 15) is 0 Å². The molecule has 0 unspecified atom stereocenters. The minimum atomic E-state index is 0.0202. The zero-order valence-electron chi connectivity index (χ0n) is 19.1. The molecule has 0 heterocycles. The lowest BCUT2D eigenvalue weighted by Gasteiger charge is -2.19. The molecule has 0 rings (SSSR count). The fraction of sp³-hybridized carbons (Fsp3) is 0.920. The van der Waals surface area contributed by atoms with E-state index < -0.39 is 0 Å². The van der Waals surface area contributed by atoms with E-state index in [1.807, 2.05) is 0 Å². The van der Waals surface area contributed by atoms with Crippen molar-refractivity contribution >= 4 is 15.9 Å². The highest BCUT2D eigenvalue weighted by atomic mass is 79.9. The number of hydrogen-bond acceptors (Lipinski definition) is 2. The Kier molecular flexibility index (Phi) is 25.3. The molecule has 0 saturated carbocycles. The predicted molar refractivity (Wildman–Crippen MR) is 128 cm³/mol. The minimum absolute atomic E-state index is 0.0202. The summed E-state index contributed by atoms with van der Waals surface area (Å²) < 4.78 is 12.2. The third-order valence-electron chi connectivity index (χ3n) is 5.08. The minimum Gasteiger partial charge on any atom is -0.353 e. The highest BCUT2D eigenvalue weighted by Crippen LogP contribution is 2.13. The first kappa shape index (κ1) is 28.1. The molecule has 0 radical (unpaired) electrons. The molecule has 0 aromatic carbocycles. The van der Waals surface area contributed by atoms with E-state index in [0.717, 1.165) is 25.0 Å². The fourth-order valence-electron chi connectivity index (χ4n) is 3.24. The van der Waals surface area contributed by atoms with Crippen LogP contribution in [-0.2, 0) is 9.47 Å². The zero-order chi connectivity index (χ0) is 20.5. The summed E-state index contributed by atoms with van der Waals surface area (Å²) in [6.07, 6.45) is 26.1. The van der Waals surface area contributed by atoms with Crippen LogP contribution >= 0.6 is 15.9 Å². The predicted octanol–water partition coefficient (Wildman–Crippen LogP) is 8.97. The van der Waals surface area contributed by atoms with Crippen LogP contribution in [0.25, 0.3) is 0 Å². The average Bonchev–Trinajstić information content (AvgIpc) is 2.71. The van der Waals surface area contributed by atoms with Gasteiger partial charge in [-0.3, -0.25) is 0 Å². The Labute approximate surface area is 185 Å². The van der Waals surface area contributed by atoms with Crippen LogP contribution in [0.4, 0.5) is 0 Å². The first-order valence-electron chi connectivity index (χ1n) is 12.3. The molecule has 0 aliphatic carbocycles. The second kappa shape index (κ2) is 25.2. The standard InChI is InChI=1S/C25H49BrO2/c1-3-5-7-15-19-23-27-25(28-24-20-16-8-6-4-2)21-17-13-11-9-10-12-14-18-22-26/h10,12,25H,3-9,11,13-24H2,1-2H3/b12-10-. The molecule has 0 aromatic heterocycles. The largest absolute Gasteiger partial charge is 0.353 e. The summed E-state index contributed by atoms with van der Waals surface area (Å²) in [5, 5.41) is 1.11. The Morgan fingerprint density at radius 3 is 1.64 bits per heavy atom. The average molecular weight is 462 g/mol. The van der Waals surface area contributed by atoms with E-state index in [-0.39, 0.29) is 6.29 Å². The molecule has 28 heavy (non-hydrogen) atoms. The summed E-state index contributed by atoms with van der Waals surface area (Å²) in [6.45, 7) is 6.25. The number of hydrogen-bond donors (Lipinski definition) is 0. The quantitative estimate of drug-likeness (QED) is 0.0654. The van der Waals surface area contributed by atoms with Gasteiger partial charge in [-0.25, -0.2) is 0 Å².